The van der Waals surface area contributed by atoms with Gasteiger partial charge in [-0.3, -0.25) is 4.98 Å². The lowest BCUT2D eigenvalue weighted by molar-refractivity contribution is 1.32. The molecule has 0 saturated carbocycles. The van der Waals surface area contributed by atoms with Gasteiger partial charge < -0.3 is 4.98 Å². The monoisotopic (exact) mass is 195 g/mol. The maximum atomic E-state index is 4.32. The molecule has 15 heavy (non-hydrogen) atoms. The van der Waals surface area contributed by atoms with Crippen LogP contribution in [0.3, 0.4) is 0 Å². The van der Waals surface area contributed by atoms with Gasteiger partial charge in [-0.25, -0.2) is 4.98 Å². The number of imidazole rings is 1. The molecule has 1 aromatic carbocycles. The van der Waals surface area contributed by atoms with Crippen molar-refractivity contribution in [2.24, 2.45) is 0 Å². The van der Waals surface area contributed by atoms with Crippen molar-refractivity contribution in [1.29, 1.82) is 0 Å². The van der Waals surface area contributed by atoms with E-state index in [1.54, 1.807) is 12.5 Å². The molecule has 0 aliphatic carbocycles. The molecule has 0 aliphatic heterocycles. The fourth-order valence-corrected chi connectivity index (χ4v) is 1.69. The van der Waals surface area contributed by atoms with Crippen LogP contribution < -0.4 is 0 Å². The number of para-hydroxylation sites is 1. The first-order valence-electron chi connectivity index (χ1n) is 4.78. The van der Waals surface area contributed by atoms with Crippen LogP contribution in [0.1, 0.15) is 0 Å². The Morgan fingerprint density at radius 1 is 0.933 bits per heavy atom. The van der Waals surface area contributed by atoms with Crippen molar-refractivity contribution in [2.45, 2.75) is 0 Å². The van der Waals surface area contributed by atoms with Crippen LogP contribution in [0.4, 0.5) is 0 Å². The first kappa shape index (κ1) is 8.17. The molecule has 3 rings (SSSR count). The van der Waals surface area contributed by atoms with Gasteiger partial charge in [0.15, 0.2) is 0 Å². The second-order valence-electron chi connectivity index (χ2n) is 3.32. The Hall–Kier alpha value is -2.16. The van der Waals surface area contributed by atoms with Crippen LogP contribution in [0.2, 0.25) is 0 Å². The molecule has 0 amide bonds. The quantitative estimate of drug-likeness (QED) is 0.648. The van der Waals surface area contributed by atoms with Crippen LogP contribution in [0.5, 0.6) is 0 Å². The van der Waals surface area contributed by atoms with Gasteiger partial charge in [-0.1, -0.05) is 18.2 Å². The number of hydrogen-bond acceptors (Lipinski definition) is 2. The lowest BCUT2D eigenvalue weighted by Gasteiger charge is -2.00. The molecule has 0 radical (unpaired) electrons. The van der Waals surface area contributed by atoms with E-state index in [2.05, 4.69) is 15.0 Å². The lowest BCUT2D eigenvalue weighted by Crippen LogP contribution is -1.83. The summed E-state index contributed by atoms with van der Waals surface area (Å²) in [5.74, 6) is 0. The SMILES string of the molecule is c1ccc(-c2cccc3[nH]cnc23)nc1. The molecule has 0 saturated heterocycles. The third-order valence-electron chi connectivity index (χ3n) is 2.39. The van der Waals surface area contributed by atoms with Gasteiger partial charge in [0.05, 0.1) is 23.1 Å². The summed E-state index contributed by atoms with van der Waals surface area (Å²) in [5.41, 5.74) is 4.03. The van der Waals surface area contributed by atoms with Gasteiger partial charge >= 0.3 is 0 Å². The highest BCUT2D eigenvalue weighted by atomic mass is 14.9. The molecule has 3 aromatic rings. The van der Waals surface area contributed by atoms with Crippen LogP contribution in [0.25, 0.3) is 22.3 Å². The summed E-state index contributed by atoms with van der Waals surface area (Å²) in [6, 6.07) is 11.9. The molecule has 0 unspecified atom stereocenters. The van der Waals surface area contributed by atoms with E-state index in [1.807, 2.05) is 36.4 Å². The zero-order valence-electron chi connectivity index (χ0n) is 8.01. The maximum absolute atomic E-state index is 4.32. The zero-order chi connectivity index (χ0) is 10.1. The van der Waals surface area contributed by atoms with Crippen LogP contribution in [-0.4, -0.2) is 15.0 Å². The first-order chi connectivity index (χ1) is 7.45. The minimum atomic E-state index is 0.954. The summed E-state index contributed by atoms with van der Waals surface area (Å²) >= 11 is 0. The number of aromatic amines is 1. The Labute approximate surface area is 86.8 Å². The average molecular weight is 195 g/mol. The molecule has 3 nitrogen and oxygen atoms in total. The molecule has 0 atom stereocenters. The second-order valence-corrected chi connectivity index (χ2v) is 3.32. The predicted octanol–water partition coefficient (Wildman–Crippen LogP) is 2.62. The van der Waals surface area contributed by atoms with Crippen LogP contribution >= 0.6 is 0 Å². The number of H-pyrrole nitrogens is 1. The number of hydrogen-bond donors (Lipinski definition) is 1. The topological polar surface area (TPSA) is 41.6 Å². The van der Waals surface area contributed by atoms with Crippen LogP contribution in [0, 0.1) is 0 Å². The Balaban J connectivity index is 2.31. The fourth-order valence-electron chi connectivity index (χ4n) is 1.69. The van der Waals surface area contributed by atoms with Crippen LogP contribution in [-0.2, 0) is 0 Å². The highest BCUT2D eigenvalue weighted by Crippen LogP contribution is 2.23. The number of nitrogens with zero attached hydrogens (tertiary/aromatic N) is 2. The average Bonchev–Trinajstić information content (AvgIpc) is 2.78. The highest BCUT2D eigenvalue weighted by molar-refractivity contribution is 5.90. The molecule has 0 spiro atoms. The summed E-state index contributed by atoms with van der Waals surface area (Å²) in [4.78, 5) is 11.7. The maximum Gasteiger partial charge on any atom is 0.0976 e. The Kier molecular flexibility index (Phi) is 1.75. The summed E-state index contributed by atoms with van der Waals surface area (Å²) in [6.07, 6.45) is 3.50. The molecule has 0 aliphatic rings. The summed E-state index contributed by atoms with van der Waals surface area (Å²) < 4.78 is 0. The standard InChI is InChI=1S/C12H9N3/c1-2-7-13-10(5-1)9-4-3-6-11-12(9)15-8-14-11/h1-8H,(H,14,15). The third-order valence-corrected chi connectivity index (χ3v) is 2.39. The second kappa shape index (κ2) is 3.20. The van der Waals surface area contributed by atoms with Crippen molar-refractivity contribution in [3.05, 3.63) is 48.9 Å². The number of benzene rings is 1. The molecule has 2 heterocycles. The number of pyridine rings is 1. The summed E-state index contributed by atoms with van der Waals surface area (Å²) in [7, 11) is 0. The van der Waals surface area contributed by atoms with Gasteiger partial charge in [0.1, 0.15) is 0 Å². The fraction of sp³-hybridized carbons (Fsp3) is 0. The highest BCUT2D eigenvalue weighted by Gasteiger charge is 2.05. The van der Waals surface area contributed by atoms with E-state index in [1.165, 1.54) is 0 Å². The molecule has 2 aromatic heterocycles. The van der Waals surface area contributed by atoms with E-state index in [-0.39, 0.29) is 0 Å². The van der Waals surface area contributed by atoms with Crippen molar-refractivity contribution in [3.63, 3.8) is 0 Å². The molecule has 0 bridgehead atoms. The lowest BCUT2D eigenvalue weighted by atomic mass is 10.1. The minimum absolute atomic E-state index is 0.954. The Morgan fingerprint density at radius 2 is 1.93 bits per heavy atom. The largest absolute Gasteiger partial charge is 0.345 e. The van der Waals surface area contributed by atoms with Crippen molar-refractivity contribution in [2.75, 3.05) is 0 Å². The number of rotatable bonds is 1. The first-order valence-corrected chi connectivity index (χ1v) is 4.78. The Morgan fingerprint density at radius 3 is 2.80 bits per heavy atom. The van der Waals surface area contributed by atoms with Gasteiger partial charge in [0.2, 0.25) is 0 Å². The number of aromatic nitrogens is 3. The molecule has 1 N–H and O–H groups in total. The minimum Gasteiger partial charge on any atom is -0.345 e. The van der Waals surface area contributed by atoms with Crippen LogP contribution in [0.15, 0.2) is 48.9 Å². The van der Waals surface area contributed by atoms with Crippen molar-refractivity contribution in [3.8, 4) is 11.3 Å². The van der Waals surface area contributed by atoms with Gasteiger partial charge in [0.25, 0.3) is 0 Å². The molecular weight excluding hydrogens is 186 g/mol. The van der Waals surface area contributed by atoms with E-state index in [0.717, 1.165) is 22.3 Å². The molecule has 72 valence electrons. The normalized spacial score (nSPS) is 10.7. The van der Waals surface area contributed by atoms with E-state index >= 15 is 0 Å². The summed E-state index contributed by atoms with van der Waals surface area (Å²) in [5, 5.41) is 0. The third kappa shape index (κ3) is 1.29. The predicted molar refractivity (Wildman–Crippen MR) is 59.3 cm³/mol. The number of fused-ring (bicyclic) bond motifs is 1. The molecule has 0 fully saturated rings. The van der Waals surface area contributed by atoms with Crippen molar-refractivity contribution in [1.82, 2.24) is 15.0 Å². The van der Waals surface area contributed by atoms with Gasteiger partial charge in [-0.05, 0) is 18.2 Å². The van der Waals surface area contributed by atoms with Crippen molar-refractivity contribution >= 4 is 11.0 Å². The van der Waals surface area contributed by atoms with E-state index < -0.39 is 0 Å². The molecular formula is C12H9N3. The zero-order valence-corrected chi connectivity index (χ0v) is 8.01. The van der Waals surface area contributed by atoms with E-state index in [9.17, 15) is 0 Å². The van der Waals surface area contributed by atoms with Crippen molar-refractivity contribution < 1.29 is 0 Å². The Bertz CT molecular complexity index is 584. The smallest absolute Gasteiger partial charge is 0.0976 e. The van der Waals surface area contributed by atoms with Gasteiger partial charge in [-0.2, -0.15) is 0 Å². The van der Waals surface area contributed by atoms with Gasteiger partial charge in [0, 0.05) is 11.8 Å². The van der Waals surface area contributed by atoms with E-state index in [0.29, 0.717) is 0 Å². The molecule has 3 heteroatoms. The van der Waals surface area contributed by atoms with Gasteiger partial charge in [-0.15, -0.1) is 0 Å². The summed E-state index contributed by atoms with van der Waals surface area (Å²) in [6.45, 7) is 0. The van der Waals surface area contributed by atoms with E-state index in [4.69, 9.17) is 0 Å². The number of nitrogens with one attached hydrogen (secondary N) is 1.